The van der Waals surface area contributed by atoms with Crippen LogP contribution in [0.3, 0.4) is 0 Å². The largest absolute Gasteiger partial charge is 0.336 e. The predicted octanol–water partition coefficient (Wildman–Crippen LogP) is 1.54. The fraction of sp³-hybridized carbons (Fsp3) is 0.769. The fourth-order valence-electron chi connectivity index (χ4n) is 2.86. The number of imidazole rings is 1. The van der Waals surface area contributed by atoms with Crippen molar-refractivity contribution < 1.29 is 0 Å². The average molecular weight is 236 g/mol. The molecule has 4 nitrogen and oxygen atoms in total. The van der Waals surface area contributed by atoms with Crippen LogP contribution in [0.25, 0.3) is 0 Å². The maximum absolute atomic E-state index is 5.97. The Morgan fingerprint density at radius 3 is 3.00 bits per heavy atom. The zero-order valence-electron chi connectivity index (χ0n) is 11.0. The maximum atomic E-state index is 5.97. The topological polar surface area (TPSA) is 47.1 Å². The van der Waals surface area contributed by atoms with E-state index in [0.717, 1.165) is 5.92 Å². The van der Waals surface area contributed by atoms with Crippen molar-refractivity contribution in [2.75, 3.05) is 19.6 Å². The summed E-state index contributed by atoms with van der Waals surface area (Å²) in [5.74, 6) is 0.839. The molecule has 17 heavy (non-hydrogen) atoms. The molecule has 1 aromatic rings. The number of likely N-dealkylation sites (tertiary alicyclic amines) is 1. The van der Waals surface area contributed by atoms with Crippen LogP contribution in [-0.2, 0) is 7.05 Å². The summed E-state index contributed by atoms with van der Waals surface area (Å²) in [5.41, 5.74) is 7.21. The molecule has 2 N–H and O–H groups in total. The smallest absolute Gasteiger partial charge is 0.0946 e. The lowest BCUT2D eigenvalue weighted by molar-refractivity contribution is 0.120. The molecule has 2 rings (SSSR count). The summed E-state index contributed by atoms with van der Waals surface area (Å²) in [4.78, 5) is 6.74. The van der Waals surface area contributed by atoms with E-state index in [2.05, 4.69) is 21.4 Å². The molecule has 0 aromatic carbocycles. The molecule has 0 amide bonds. The van der Waals surface area contributed by atoms with E-state index in [0.29, 0.717) is 12.6 Å². The van der Waals surface area contributed by atoms with Gasteiger partial charge in [0.05, 0.1) is 18.1 Å². The zero-order valence-corrected chi connectivity index (χ0v) is 11.0. The molecule has 0 radical (unpaired) electrons. The van der Waals surface area contributed by atoms with E-state index < -0.39 is 0 Å². The van der Waals surface area contributed by atoms with Crippen LogP contribution >= 0.6 is 0 Å². The van der Waals surface area contributed by atoms with E-state index in [1.807, 2.05) is 19.6 Å². The molecule has 1 aliphatic rings. The first kappa shape index (κ1) is 12.6. The van der Waals surface area contributed by atoms with Gasteiger partial charge in [0.2, 0.25) is 0 Å². The van der Waals surface area contributed by atoms with E-state index in [4.69, 9.17) is 5.73 Å². The van der Waals surface area contributed by atoms with E-state index in [1.54, 1.807) is 0 Å². The van der Waals surface area contributed by atoms with Gasteiger partial charge in [-0.05, 0) is 25.3 Å². The Balaban J connectivity index is 2.10. The van der Waals surface area contributed by atoms with Crippen LogP contribution in [0.1, 0.15) is 37.9 Å². The Labute approximate surface area is 104 Å². The predicted molar refractivity (Wildman–Crippen MR) is 69.6 cm³/mol. The second kappa shape index (κ2) is 5.65. The lowest BCUT2D eigenvalue weighted by Crippen LogP contribution is -2.41. The second-order valence-corrected chi connectivity index (χ2v) is 5.09. The molecule has 96 valence electrons. The van der Waals surface area contributed by atoms with Crippen LogP contribution < -0.4 is 5.73 Å². The van der Waals surface area contributed by atoms with Gasteiger partial charge in [-0.3, -0.25) is 4.90 Å². The van der Waals surface area contributed by atoms with Gasteiger partial charge in [0, 0.05) is 26.3 Å². The number of nitrogens with two attached hydrogens (primary N) is 1. The number of hydrogen-bond donors (Lipinski definition) is 1. The Bertz CT molecular complexity index is 347. The first-order chi connectivity index (χ1) is 8.26. The highest BCUT2D eigenvalue weighted by molar-refractivity contribution is 5.06. The third-order valence-corrected chi connectivity index (χ3v) is 3.99. The summed E-state index contributed by atoms with van der Waals surface area (Å²) in [7, 11) is 2.05. The molecule has 0 saturated carbocycles. The van der Waals surface area contributed by atoms with Crippen molar-refractivity contribution in [2.45, 2.75) is 32.2 Å². The highest BCUT2D eigenvalue weighted by atomic mass is 15.2. The van der Waals surface area contributed by atoms with Crippen molar-refractivity contribution in [2.24, 2.45) is 18.7 Å². The Kier molecular flexibility index (Phi) is 4.18. The Hall–Kier alpha value is -0.870. The van der Waals surface area contributed by atoms with Crippen LogP contribution in [0.5, 0.6) is 0 Å². The summed E-state index contributed by atoms with van der Waals surface area (Å²) in [6.45, 7) is 5.32. The molecule has 1 aromatic heterocycles. The summed E-state index contributed by atoms with van der Waals surface area (Å²) in [6, 6.07) is 0.330. The van der Waals surface area contributed by atoms with Gasteiger partial charge in [0.25, 0.3) is 0 Å². The van der Waals surface area contributed by atoms with Crippen molar-refractivity contribution in [3.8, 4) is 0 Å². The zero-order chi connectivity index (χ0) is 12.3. The van der Waals surface area contributed by atoms with Crippen LogP contribution in [0.15, 0.2) is 12.5 Å². The summed E-state index contributed by atoms with van der Waals surface area (Å²) in [5, 5.41) is 0. The molecule has 2 atom stereocenters. The van der Waals surface area contributed by atoms with Crippen LogP contribution in [0.4, 0.5) is 0 Å². The molecular weight excluding hydrogens is 212 g/mol. The molecule has 0 aliphatic carbocycles. The number of piperidine rings is 1. The monoisotopic (exact) mass is 236 g/mol. The molecule has 2 unspecified atom stereocenters. The SMILES string of the molecule is CCC1CCCN(C(CN)c2cncn2C)C1. The third-order valence-electron chi connectivity index (χ3n) is 3.99. The average Bonchev–Trinajstić information content (AvgIpc) is 2.77. The molecule has 4 heteroatoms. The van der Waals surface area contributed by atoms with Crippen molar-refractivity contribution in [3.63, 3.8) is 0 Å². The Morgan fingerprint density at radius 2 is 2.41 bits per heavy atom. The number of aryl methyl sites for hydroxylation is 1. The van der Waals surface area contributed by atoms with Gasteiger partial charge in [-0.25, -0.2) is 4.98 Å². The number of aromatic nitrogens is 2. The number of hydrogen-bond acceptors (Lipinski definition) is 3. The van der Waals surface area contributed by atoms with E-state index in [9.17, 15) is 0 Å². The summed E-state index contributed by atoms with van der Waals surface area (Å²) in [6.07, 6.45) is 7.76. The normalized spacial score (nSPS) is 23.8. The fourth-order valence-corrected chi connectivity index (χ4v) is 2.86. The minimum absolute atomic E-state index is 0.330. The molecule has 0 spiro atoms. The lowest BCUT2D eigenvalue weighted by Gasteiger charge is -2.37. The van der Waals surface area contributed by atoms with Crippen molar-refractivity contribution in [1.29, 1.82) is 0 Å². The van der Waals surface area contributed by atoms with Crippen molar-refractivity contribution in [3.05, 3.63) is 18.2 Å². The molecule has 1 saturated heterocycles. The van der Waals surface area contributed by atoms with Gasteiger partial charge in [0.15, 0.2) is 0 Å². The highest BCUT2D eigenvalue weighted by Gasteiger charge is 2.26. The van der Waals surface area contributed by atoms with Gasteiger partial charge in [-0.1, -0.05) is 13.3 Å². The summed E-state index contributed by atoms with van der Waals surface area (Å²) < 4.78 is 2.09. The molecular formula is C13H24N4. The van der Waals surface area contributed by atoms with Crippen LogP contribution in [0, 0.1) is 5.92 Å². The molecule has 1 aliphatic heterocycles. The minimum atomic E-state index is 0.330. The second-order valence-electron chi connectivity index (χ2n) is 5.09. The minimum Gasteiger partial charge on any atom is -0.336 e. The third kappa shape index (κ3) is 2.69. The van der Waals surface area contributed by atoms with E-state index in [-0.39, 0.29) is 0 Å². The molecule has 2 heterocycles. The number of rotatable bonds is 4. The first-order valence-corrected chi connectivity index (χ1v) is 6.66. The van der Waals surface area contributed by atoms with Gasteiger partial charge in [-0.15, -0.1) is 0 Å². The molecule has 0 bridgehead atoms. The van der Waals surface area contributed by atoms with Gasteiger partial charge < -0.3 is 10.3 Å². The van der Waals surface area contributed by atoms with E-state index in [1.165, 1.54) is 38.0 Å². The van der Waals surface area contributed by atoms with Crippen LogP contribution in [-0.4, -0.2) is 34.1 Å². The van der Waals surface area contributed by atoms with E-state index >= 15 is 0 Å². The van der Waals surface area contributed by atoms with Gasteiger partial charge in [0.1, 0.15) is 0 Å². The van der Waals surface area contributed by atoms with Gasteiger partial charge >= 0.3 is 0 Å². The first-order valence-electron chi connectivity index (χ1n) is 6.66. The standard InChI is InChI=1S/C13H24N4/c1-3-11-5-4-6-17(9-11)12(7-14)13-8-15-10-16(13)2/h8,10-12H,3-7,9,14H2,1-2H3. The summed E-state index contributed by atoms with van der Waals surface area (Å²) >= 11 is 0. The van der Waals surface area contributed by atoms with Crippen molar-refractivity contribution >= 4 is 0 Å². The van der Waals surface area contributed by atoms with Gasteiger partial charge in [-0.2, -0.15) is 0 Å². The highest BCUT2D eigenvalue weighted by Crippen LogP contribution is 2.27. The number of nitrogens with zero attached hydrogens (tertiary/aromatic N) is 3. The maximum Gasteiger partial charge on any atom is 0.0946 e. The Morgan fingerprint density at radius 1 is 1.59 bits per heavy atom. The quantitative estimate of drug-likeness (QED) is 0.862. The van der Waals surface area contributed by atoms with Crippen LogP contribution in [0.2, 0.25) is 0 Å². The van der Waals surface area contributed by atoms with Crippen molar-refractivity contribution in [1.82, 2.24) is 14.5 Å². The lowest BCUT2D eigenvalue weighted by atomic mass is 9.94. The molecule has 1 fully saturated rings.